The molecule has 2 amide bonds. The van der Waals surface area contributed by atoms with E-state index < -0.39 is 0 Å². The van der Waals surface area contributed by atoms with Gasteiger partial charge < -0.3 is 10.2 Å². The highest BCUT2D eigenvalue weighted by Gasteiger charge is 2.16. The second-order valence-corrected chi connectivity index (χ2v) is 8.92. The van der Waals surface area contributed by atoms with Crippen LogP contribution in [0.15, 0.2) is 78.9 Å². The number of anilines is 2. The smallest absolute Gasteiger partial charge is 0.258 e. The lowest BCUT2D eigenvalue weighted by Crippen LogP contribution is -2.34. The van der Waals surface area contributed by atoms with Crippen LogP contribution in [-0.2, 0) is 5.41 Å². The van der Waals surface area contributed by atoms with Crippen molar-refractivity contribution in [2.45, 2.75) is 26.2 Å². The van der Waals surface area contributed by atoms with E-state index >= 15 is 0 Å². The van der Waals surface area contributed by atoms with Gasteiger partial charge in [0.2, 0.25) is 0 Å². The molecule has 0 saturated heterocycles. The molecule has 3 rings (SSSR count). The zero-order chi connectivity index (χ0) is 23.3. The lowest BCUT2D eigenvalue weighted by molar-refractivity contribution is 0.0974. The summed E-state index contributed by atoms with van der Waals surface area (Å²) in [6.45, 7) is 6.37. The maximum absolute atomic E-state index is 12.8. The molecule has 0 saturated carbocycles. The Labute approximate surface area is 194 Å². The average Bonchev–Trinajstić information content (AvgIpc) is 2.78. The molecular formula is C26H27N3O2S. The van der Waals surface area contributed by atoms with Crippen LogP contribution in [0.4, 0.5) is 11.4 Å². The number of benzene rings is 3. The van der Waals surface area contributed by atoms with Gasteiger partial charge in [0.25, 0.3) is 11.8 Å². The van der Waals surface area contributed by atoms with Gasteiger partial charge in [-0.2, -0.15) is 0 Å². The van der Waals surface area contributed by atoms with Crippen LogP contribution in [0.3, 0.4) is 0 Å². The number of para-hydroxylation sites is 1. The standard InChI is InChI=1S/C26H27N3O2S/c1-26(2,3)20-15-13-18(14-16-20)23(30)28-25(32)27-21-10-8-9-19(17-21)24(31)29(4)22-11-6-5-7-12-22/h5-17H,1-4H3,(H2,27,28,30,32). The number of nitrogens with zero attached hydrogens (tertiary/aromatic N) is 1. The Bertz CT molecular complexity index is 1120. The van der Waals surface area contributed by atoms with Crippen LogP contribution in [-0.4, -0.2) is 24.0 Å². The summed E-state index contributed by atoms with van der Waals surface area (Å²) in [5.41, 5.74) is 3.62. The molecular weight excluding hydrogens is 418 g/mol. The quantitative estimate of drug-likeness (QED) is 0.529. The van der Waals surface area contributed by atoms with Gasteiger partial charge in [-0.15, -0.1) is 0 Å². The molecule has 0 bridgehead atoms. The van der Waals surface area contributed by atoms with E-state index in [1.165, 1.54) is 0 Å². The van der Waals surface area contributed by atoms with Crippen molar-refractivity contribution < 1.29 is 9.59 Å². The Morgan fingerprint density at radius 3 is 2.12 bits per heavy atom. The van der Waals surface area contributed by atoms with Gasteiger partial charge in [-0.05, 0) is 65.7 Å². The average molecular weight is 446 g/mol. The van der Waals surface area contributed by atoms with Crippen LogP contribution in [0.25, 0.3) is 0 Å². The molecule has 0 radical (unpaired) electrons. The normalized spacial score (nSPS) is 10.9. The maximum atomic E-state index is 12.8. The highest BCUT2D eigenvalue weighted by Crippen LogP contribution is 2.22. The third-order valence-corrected chi connectivity index (χ3v) is 5.26. The van der Waals surface area contributed by atoms with Gasteiger partial charge in [-0.3, -0.25) is 14.9 Å². The Morgan fingerprint density at radius 1 is 0.844 bits per heavy atom. The molecule has 0 aliphatic rings. The van der Waals surface area contributed by atoms with Crippen molar-refractivity contribution in [3.05, 3.63) is 95.6 Å². The van der Waals surface area contributed by atoms with Crippen molar-refractivity contribution >= 4 is 40.5 Å². The summed E-state index contributed by atoms with van der Waals surface area (Å²) in [5.74, 6) is -0.437. The van der Waals surface area contributed by atoms with E-state index in [1.54, 1.807) is 48.3 Å². The fourth-order valence-corrected chi connectivity index (χ4v) is 3.36. The second-order valence-electron chi connectivity index (χ2n) is 8.52. The summed E-state index contributed by atoms with van der Waals surface area (Å²) >= 11 is 5.30. The molecule has 3 aromatic rings. The van der Waals surface area contributed by atoms with Crippen molar-refractivity contribution in [1.29, 1.82) is 0 Å². The van der Waals surface area contributed by atoms with Gasteiger partial charge in [-0.25, -0.2) is 0 Å². The second kappa shape index (κ2) is 9.75. The first-order chi connectivity index (χ1) is 15.1. The molecule has 6 heteroatoms. The van der Waals surface area contributed by atoms with Crippen LogP contribution in [0.5, 0.6) is 0 Å². The van der Waals surface area contributed by atoms with E-state index in [2.05, 4.69) is 31.4 Å². The summed E-state index contributed by atoms with van der Waals surface area (Å²) in [7, 11) is 1.73. The van der Waals surface area contributed by atoms with E-state index in [0.717, 1.165) is 11.3 Å². The zero-order valence-electron chi connectivity index (χ0n) is 18.7. The highest BCUT2D eigenvalue weighted by molar-refractivity contribution is 7.80. The van der Waals surface area contributed by atoms with Crippen molar-refractivity contribution in [3.63, 3.8) is 0 Å². The molecule has 0 aromatic heterocycles. The monoisotopic (exact) mass is 445 g/mol. The predicted octanol–water partition coefficient (Wildman–Crippen LogP) is 5.39. The third-order valence-electron chi connectivity index (χ3n) is 5.06. The van der Waals surface area contributed by atoms with Crippen LogP contribution in [0.1, 0.15) is 47.1 Å². The first kappa shape index (κ1) is 23.2. The summed E-state index contributed by atoms with van der Waals surface area (Å²) < 4.78 is 0. The Kier molecular flexibility index (Phi) is 7.05. The molecule has 2 N–H and O–H groups in total. The number of thiocarbonyl (C=S) groups is 1. The minimum atomic E-state index is -0.293. The molecule has 164 valence electrons. The number of carbonyl (C=O) groups excluding carboxylic acids is 2. The number of amides is 2. The SMILES string of the molecule is CN(C(=O)c1cccc(NC(=S)NC(=O)c2ccc(C(C)(C)C)cc2)c1)c1ccccc1. The summed E-state index contributed by atoms with van der Waals surface area (Å²) in [5, 5.41) is 5.83. The largest absolute Gasteiger partial charge is 0.332 e. The van der Waals surface area contributed by atoms with Gasteiger partial charge in [0.1, 0.15) is 0 Å². The lowest BCUT2D eigenvalue weighted by atomic mass is 9.87. The van der Waals surface area contributed by atoms with E-state index in [9.17, 15) is 9.59 Å². The molecule has 0 fully saturated rings. The number of carbonyl (C=O) groups is 2. The molecule has 0 unspecified atom stereocenters. The van der Waals surface area contributed by atoms with Crippen LogP contribution in [0, 0.1) is 0 Å². The van der Waals surface area contributed by atoms with Crippen LogP contribution >= 0.6 is 12.2 Å². The van der Waals surface area contributed by atoms with E-state index in [4.69, 9.17) is 12.2 Å². The topological polar surface area (TPSA) is 61.4 Å². The molecule has 0 atom stereocenters. The Hall–Kier alpha value is -3.51. The number of hydrogen-bond donors (Lipinski definition) is 2. The third kappa shape index (κ3) is 5.80. The number of nitrogens with one attached hydrogen (secondary N) is 2. The fourth-order valence-electron chi connectivity index (χ4n) is 3.15. The van der Waals surface area contributed by atoms with Gasteiger partial charge in [0.05, 0.1) is 0 Å². The van der Waals surface area contributed by atoms with Crippen molar-refractivity contribution in [3.8, 4) is 0 Å². The predicted molar refractivity (Wildman–Crippen MR) is 134 cm³/mol. The van der Waals surface area contributed by atoms with Gasteiger partial charge >= 0.3 is 0 Å². The van der Waals surface area contributed by atoms with Crippen molar-refractivity contribution in [2.75, 3.05) is 17.3 Å². The van der Waals surface area contributed by atoms with E-state index in [-0.39, 0.29) is 22.3 Å². The molecule has 5 nitrogen and oxygen atoms in total. The van der Waals surface area contributed by atoms with E-state index in [1.807, 2.05) is 42.5 Å². The summed E-state index contributed by atoms with van der Waals surface area (Å²) in [4.78, 5) is 27.0. The molecule has 0 spiro atoms. The number of rotatable bonds is 4. The first-order valence-corrected chi connectivity index (χ1v) is 10.7. The Balaban J connectivity index is 1.64. The van der Waals surface area contributed by atoms with Gasteiger partial charge in [-0.1, -0.05) is 57.2 Å². The van der Waals surface area contributed by atoms with Crippen molar-refractivity contribution in [1.82, 2.24) is 5.32 Å². The number of hydrogen-bond acceptors (Lipinski definition) is 3. The zero-order valence-corrected chi connectivity index (χ0v) is 19.5. The Morgan fingerprint density at radius 2 is 1.50 bits per heavy atom. The van der Waals surface area contributed by atoms with E-state index in [0.29, 0.717) is 16.8 Å². The summed E-state index contributed by atoms with van der Waals surface area (Å²) in [6.07, 6.45) is 0. The lowest BCUT2D eigenvalue weighted by Gasteiger charge is -2.19. The minimum absolute atomic E-state index is 0.0168. The molecule has 3 aromatic carbocycles. The van der Waals surface area contributed by atoms with Crippen LogP contribution < -0.4 is 15.5 Å². The van der Waals surface area contributed by atoms with Crippen molar-refractivity contribution in [2.24, 2.45) is 0 Å². The molecule has 0 aliphatic heterocycles. The fraction of sp³-hybridized carbons (Fsp3) is 0.192. The minimum Gasteiger partial charge on any atom is -0.332 e. The molecule has 0 aliphatic carbocycles. The molecule has 0 heterocycles. The molecule has 32 heavy (non-hydrogen) atoms. The van der Waals surface area contributed by atoms with Gasteiger partial charge in [0.15, 0.2) is 5.11 Å². The van der Waals surface area contributed by atoms with Crippen LogP contribution in [0.2, 0.25) is 0 Å². The highest BCUT2D eigenvalue weighted by atomic mass is 32.1. The van der Waals surface area contributed by atoms with Gasteiger partial charge in [0, 0.05) is 29.5 Å². The summed E-state index contributed by atoms with van der Waals surface area (Å²) in [6, 6.07) is 23.9. The maximum Gasteiger partial charge on any atom is 0.258 e. The first-order valence-electron chi connectivity index (χ1n) is 10.3.